The molecule has 2 aromatic rings. The van der Waals surface area contributed by atoms with Crippen LogP contribution >= 0.6 is 11.6 Å². The number of rotatable bonds is 3. The number of benzene rings is 1. The van der Waals surface area contributed by atoms with Crippen LogP contribution in [0.3, 0.4) is 0 Å². The van der Waals surface area contributed by atoms with Crippen LogP contribution < -0.4 is 0 Å². The maximum absolute atomic E-state index is 5.60. The van der Waals surface area contributed by atoms with Gasteiger partial charge in [-0.25, -0.2) is 0 Å². The molecular formula is C15H14ClN. The summed E-state index contributed by atoms with van der Waals surface area (Å²) in [6.07, 6.45) is 4.47. The van der Waals surface area contributed by atoms with E-state index in [9.17, 15) is 0 Å². The molecule has 86 valence electrons. The third-order valence-corrected chi connectivity index (χ3v) is 2.85. The van der Waals surface area contributed by atoms with E-state index >= 15 is 0 Å². The number of nitrogens with zero attached hydrogens (tertiary/aromatic N) is 1. The van der Waals surface area contributed by atoms with Gasteiger partial charge in [-0.15, -0.1) is 17.5 Å². The first kappa shape index (κ1) is 12.0. The van der Waals surface area contributed by atoms with E-state index in [0.717, 1.165) is 24.8 Å². The first-order valence-corrected chi connectivity index (χ1v) is 6.29. The third-order valence-electron chi connectivity index (χ3n) is 2.58. The van der Waals surface area contributed by atoms with Gasteiger partial charge >= 0.3 is 0 Å². The van der Waals surface area contributed by atoms with Crippen molar-refractivity contribution in [2.45, 2.75) is 19.3 Å². The van der Waals surface area contributed by atoms with Crippen LogP contribution in [-0.4, -0.2) is 10.9 Å². The zero-order chi connectivity index (χ0) is 11.9. The summed E-state index contributed by atoms with van der Waals surface area (Å²) in [5, 5.41) is 1.20. The normalized spacial score (nSPS) is 9.94. The van der Waals surface area contributed by atoms with Gasteiger partial charge in [-0.2, -0.15) is 0 Å². The Morgan fingerprint density at radius 3 is 2.88 bits per heavy atom. The SMILES string of the molecule is ClCCCC#CCc1ccnc2ccccc12. The highest BCUT2D eigenvalue weighted by Gasteiger charge is 1.98. The van der Waals surface area contributed by atoms with Crippen LogP contribution in [0.25, 0.3) is 10.9 Å². The van der Waals surface area contributed by atoms with Crippen LogP contribution in [-0.2, 0) is 6.42 Å². The molecule has 2 rings (SSSR count). The summed E-state index contributed by atoms with van der Waals surface area (Å²) < 4.78 is 0. The van der Waals surface area contributed by atoms with E-state index in [-0.39, 0.29) is 0 Å². The molecule has 0 atom stereocenters. The number of para-hydroxylation sites is 1. The Bertz CT molecular complexity index is 546. The lowest BCUT2D eigenvalue weighted by atomic mass is 10.1. The molecule has 17 heavy (non-hydrogen) atoms. The summed E-state index contributed by atoms with van der Waals surface area (Å²) in [5.74, 6) is 7.02. The first-order chi connectivity index (χ1) is 8.42. The van der Waals surface area contributed by atoms with Crippen LogP contribution in [0.15, 0.2) is 36.5 Å². The largest absolute Gasteiger partial charge is 0.256 e. The van der Waals surface area contributed by atoms with Gasteiger partial charge in [-0.05, 0) is 24.1 Å². The molecule has 1 nitrogen and oxygen atoms in total. The maximum Gasteiger partial charge on any atom is 0.0705 e. The number of unbranched alkanes of at least 4 members (excludes halogenated alkanes) is 1. The van der Waals surface area contributed by atoms with Crippen molar-refractivity contribution in [1.82, 2.24) is 4.98 Å². The van der Waals surface area contributed by atoms with Crippen LogP contribution in [0, 0.1) is 11.8 Å². The van der Waals surface area contributed by atoms with Crippen LogP contribution in [0.5, 0.6) is 0 Å². The summed E-state index contributed by atoms with van der Waals surface area (Å²) in [7, 11) is 0. The molecule has 0 saturated heterocycles. The molecule has 0 radical (unpaired) electrons. The molecule has 0 amide bonds. The van der Waals surface area contributed by atoms with Gasteiger partial charge in [0.15, 0.2) is 0 Å². The summed E-state index contributed by atoms with van der Waals surface area (Å²) in [5.41, 5.74) is 2.28. The molecule has 0 aliphatic carbocycles. The fourth-order valence-corrected chi connectivity index (χ4v) is 1.84. The lowest BCUT2D eigenvalue weighted by molar-refractivity contribution is 0.990. The predicted molar refractivity (Wildman–Crippen MR) is 73.2 cm³/mol. The van der Waals surface area contributed by atoms with Crippen molar-refractivity contribution in [3.05, 3.63) is 42.1 Å². The Labute approximate surface area is 107 Å². The number of hydrogen-bond donors (Lipinski definition) is 0. The number of alkyl halides is 1. The minimum atomic E-state index is 0.687. The van der Waals surface area contributed by atoms with E-state index < -0.39 is 0 Å². The molecule has 0 fully saturated rings. The van der Waals surface area contributed by atoms with Gasteiger partial charge in [0.2, 0.25) is 0 Å². The van der Waals surface area contributed by atoms with Crippen molar-refractivity contribution in [3.63, 3.8) is 0 Å². The van der Waals surface area contributed by atoms with E-state index in [2.05, 4.69) is 22.9 Å². The van der Waals surface area contributed by atoms with Crippen molar-refractivity contribution in [2.24, 2.45) is 0 Å². The molecule has 1 heterocycles. The van der Waals surface area contributed by atoms with Crippen LogP contribution in [0.2, 0.25) is 0 Å². The second-order valence-corrected chi connectivity index (χ2v) is 4.19. The van der Waals surface area contributed by atoms with Crippen molar-refractivity contribution in [2.75, 3.05) is 5.88 Å². The molecule has 2 heteroatoms. The van der Waals surface area contributed by atoms with Gasteiger partial charge in [0, 0.05) is 30.3 Å². The number of hydrogen-bond acceptors (Lipinski definition) is 1. The molecule has 0 aliphatic heterocycles. The van der Waals surface area contributed by atoms with E-state index in [4.69, 9.17) is 11.6 Å². The molecule has 0 unspecified atom stereocenters. The van der Waals surface area contributed by atoms with Gasteiger partial charge in [0.1, 0.15) is 0 Å². The second kappa shape index (κ2) is 6.27. The average molecular weight is 244 g/mol. The molecular weight excluding hydrogens is 230 g/mol. The van der Waals surface area contributed by atoms with Crippen molar-refractivity contribution < 1.29 is 0 Å². The summed E-state index contributed by atoms with van der Waals surface area (Å²) in [6, 6.07) is 10.2. The zero-order valence-corrected chi connectivity index (χ0v) is 10.4. The smallest absolute Gasteiger partial charge is 0.0705 e. The van der Waals surface area contributed by atoms with Gasteiger partial charge in [-0.1, -0.05) is 24.1 Å². The number of aromatic nitrogens is 1. The van der Waals surface area contributed by atoms with E-state index in [1.807, 2.05) is 30.5 Å². The summed E-state index contributed by atoms with van der Waals surface area (Å²) in [6.45, 7) is 0. The lowest BCUT2D eigenvalue weighted by Crippen LogP contribution is -1.87. The van der Waals surface area contributed by atoms with Gasteiger partial charge in [-0.3, -0.25) is 4.98 Å². The highest BCUT2D eigenvalue weighted by molar-refractivity contribution is 6.17. The number of halogens is 1. The fraction of sp³-hybridized carbons (Fsp3) is 0.267. The monoisotopic (exact) mass is 243 g/mol. The van der Waals surface area contributed by atoms with Crippen LogP contribution in [0.1, 0.15) is 18.4 Å². The van der Waals surface area contributed by atoms with E-state index in [1.54, 1.807) is 0 Å². The Morgan fingerprint density at radius 1 is 1.12 bits per heavy atom. The minimum absolute atomic E-state index is 0.687. The fourth-order valence-electron chi connectivity index (χ4n) is 1.71. The van der Waals surface area contributed by atoms with Gasteiger partial charge in [0.25, 0.3) is 0 Å². The molecule has 0 bridgehead atoms. The molecule has 1 aromatic carbocycles. The first-order valence-electron chi connectivity index (χ1n) is 5.76. The lowest BCUT2D eigenvalue weighted by Gasteiger charge is -2.01. The molecule has 0 saturated carbocycles. The standard InChI is InChI=1S/C15H14ClN/c16-11-6-2-1-3-7-13-10-12-17-15-9-5-4-8-14(13)15/h4-5,8-10,12H,2,6-7,11H2. The van der Waals surface area contributed by atoms with Gasteiger partial charge < -0.3 is 0 Å². The molecule has 0 aliphatic rings. The van der Waals surface area contributed by atoms with Crippen molar-refractivity contribution in [1.29, 1.82) is 0 Å². The van der Waals surface area contributed by atoms with E-state index in [0.29, 0.717) is 5.88 Å². The average Bonchev–Trinajstić information content (AvgIpc) is 2.39. The second-order valence-electron chi connectivity index (χ2n) is 3.81. The van der Waals surface area contributed by atoms with E-state index in [1.165, 1.54) is 10.9 Å². The van der Waals surface area contributed by atoms with Gasteiger partial charge in [0.05, 0.1) is 5.52 Å². The van der Waals surface area contributed by atoms with Crippen LogP contribution in [0.4, 0.5) is 0 Å². The molecule has 0 N–H and O–H groups in total. The number of pyridine rings is 1. The highest BCUT2D eigenvalue weighted by atomic mass is 35.5. The Morgan fingerprint density at radius 2 is 2.00 bits per heavy atom. The Kier molecular flexibility index (Phi) is 4.41. The summed E-state index contributed by atoms with van der Waals surface area (Å²) >= 11 is 5.60. The Hall–Kier alpha value is -1.52. The summed E-state index contributed by atoms with van der Waals surface area (Å²) in [4.78, 5) is 4.33. The maximum atomic E-state index is 5.60. The minimum Gasteiger partial charge on any atom is -0.256 e. The topological polar surface area (TPSA) is 12.9 Å². The molecule has 1 aromatic heterocycles. The molecule has 0 spiro atoms. The Balaban J connectivity index is 2.15. The predicted octanol–water partition coefficient (Wildman–Crippen LogP) is 3.80. The van der Waals surface area contributed by atoms with Crippen molar-refractivity contribution in [3.8, 4) is 11.8 Å². The zero-order valence-electron chi connectivity index (χ0n) is 9.62. The number of fused-ring (bicyclic) bond motifs is 1. The quantitative estimate of drug-likeness (QED) is 0.454. The van der Waals surface area contributed by atoms with Crippen molar-refractivity contribution >= 4 is 22.5 Å². The third kappa shape index (κ3) is 3.22. The highest BCUT2D eigenvalue weighted by Crippen LogP contribution is 2.16.